The van der Waals surface area contributed by atoms with Crippen LogP contribution >= 0.6 is 0 Å². The number of rotatable bonds is 8. The average Bonchev–Trinajstić information content (AvgIpc) is 3.93. The highest BCUT2D eigenvalue weighted by atomic mass is 16.3. The zero-order valence-corrected chi connectivity index (χ0v) is 34.8. The third-order valence-electron chi connectivity index (χ3n) is 12.5. The minimum atomic E-state index is 0.454. The molecule has 10 aromatic carbocycles. The Morgan fingerprint density at radius 3 is 1.55 bits per heavy atom. The Morgan fingerprint density at radius 1 is 0.391 bits per heavy atom. The van der Waals surface area contributed by atoms with Gasteiger partial charge in [-0.15, -0.1) is 0 Å². The minimum absolute atomic E-state index is 0.454. The van der Waals surface area contributed by atoms with Crippen molar-refractivity contribution in [1.29, 1.82) is 0 Å². The van der Waals surface area contributed by atoms with E-state index in [2.05, 4.69) is 164 Å². The maximum Gasteiger partial charge on any atom is 0.135 e. The molecule has 0 saturated heterocycles. The highest BCUT2D eigenvalue weighted by molar-refractivity contribution is 6.14. The van der Waals surface area contributed by atoms with Crippen molar-refractivity contribution in [2.75, 3.05) is 0 Å². The molecule has 2 heterocycles. The third-order valence-corrected chi connectivity index (χ3v) is 12.5. The van der Waals surface area contributed by atoms with Gasteiger partial charge in [-0.3, -0.25) is 0 Å². The summed E-state index contributed by atoms with van der Waals surface area (Å²) in [6.45, 7) is 0. The molecule has 302 valence electrons. The van der Waals surface area contributed by atoms with Crippen LogP contribution in [0.25, 0.3) is 104 Å². The predicted octanol–water partition coefficient (Wildman–Crippen LogP) is 15.8. The van der Waals surface area contributed by atoms with E-state index in [0.717, 1.165) is 83.0 Å². The van der Waals surface area contributed by atoms with Crippen LogP contribution in [0.2, 0.25) is 0 Å². The van der Waals surface area contributed by atoms with Crippen molar-refractivity contribution in [1.82, 2.24) is 0 Å². The summed E-state index contributed by atoms with van der Waals surface area (Å²) in [5, 5.41) is 9.35. The molecule has 0 fully saturated rings. The maximum absolute atomic E-state index is 6.86. The molecule has 0 radical (unpaired) electrons. The van der Waals surface area contributed by atoms with E-state index in [9.17, 15) is 0 Å². The molecule has 2 aromatic heterocycles. The van der Waals surface area contributed by atoms with Crippen LogP contribution < -0.4 is 5.73 Å². The van der Waals surface area contributed by atoms with E-state index in [1.165, 1.54) is 38.2 Å². The number of allylic oxidation sites excluding steroid dienone is 1. The lowest BCUT2D eigenvalue weighted by molar-refractivity contribution is 0.668. The standard InChI is InChI=1S/C60H40N2O2/c61-60(40-12-2-1-3-13-40)62-55(29-24-38-22-25-39(26-23-38)52-37-43-14-4-5-15-47(43)48-16-6-7-17-49(48)52)46-33-44(41-27-30-58-53(35-41)50-18-8-10-20-56(50)63-58)32-45(34-46)42-28-31-59-54(36-42)51-19-9-11-21-57(51)64-59/h1-23,25-37H,24H2,(H2,61,62)/b55-29-. The normalized spacial score (nSPS) is 12.4. The number of benzene rings is 10. The number of amidine groups is 1. The second kappa shape index (κ2) is 15.5. The van der Waals surface area contributed by atoms with E-state index in [1.807, 2.05) is 54.6 Å². The highest BCUT2D eigenvalue weighted by Gasteiger charge is 2.15. The van der Waals surface area contributed by atoms with Crippen molar-refractivity contribution in [3.05, 3.63) is 235 Å². The van der Waals surface area contributed by atoms with Crippen molar-refractivity contribution >= 4 is 77.0 Å². The molecule has 0 aliphatic carbocycles. The molecular weight excluding hydrogens is 781 g/mol. The summed E-state index contributed by atoms with van der Waals surface area (Å²) in [5.74, 6) is 0.454. The number of nitrogens with zero attached hydrogens (tertiary/aromatic N) is 1. The lowest BCUT2D eigenvalue weighted by Crippen LogP contribution is -2.13. The molecule has 0 bridgehead atoms. The van der Waals surface area contributed by atoms with Gasteiger partial charge in [-0.1, -0.05) is 158 Å². The summed E-state index contributed by atoms with van der Waals surface area (Å²) in [6, 6.07) is 74.7. The SMILES string of the molecule is NC(=N/C(=C\Cc1ccc(-c2cc3ccccc3c3ccccc23)cc1)c1cc(-c2ccc3oc4ccccc4c3c2)cc(-c2ccc3oc4ccccc4c3c2)c1)c1ccccc1. The smallest absolute Gasteiger partial charge is 0.135 e. The average molecular weight is 821 g/mol. The second-order valence-corrected chi connectivity index (χ2v) is 16.5. The molecule has 0 amide bonds. The third kappa shape index (κ3) is 6.70. The maximum atomic E-state index is 6.86. The number of hydrogen-bond donors (Lipinski definition) is 1. The van der Waals surface area contributed by atoms with Crippen molar-refractivity contribution in [2.45, 2.75) is 6.42 Å². The van der Waals surface area contributed by atoms with Gasteiger partial charge in [0.05, 0.1) is 5.70 Å². The first-order valence-electron chi connectivity index (χ1n) is 21.7. The quantitative estimate of drug-likeness (QED) is 0.0943. The Bertz CT molecular complexity index is 3680. The van der Waals surface area contributed by atoms with Gasteiger partial charge < -0.3 is 14.6 Å². The van der Waals surface area contributed by atoms with E-state index < -0.39 is 0 Å². The minimum Gasteiger partial charge on any atom is -0.456 e. The van der Waals surface area contributed by atoms with Crippen LogP contribution in [0, 0.1) is 0 Å². The van der Waals surface area contributed by atoms with E-state index in [1.54, 1.807) is 0 Å². The Morgan fingerprint density at radius 2 is 0.906 bits per heavy atom. The van der Waals surface area contributed by atoms with Crippen LogP contribution in [0.4, 0.5) is 0 Å². The van der Waals surface area contributed by atoms with Gasteiger partial charge in [-0.2, -0.15) is 0 Å². The monoisotopic (exact) mass is 820 g/mol. The van der Waals surface area contributed by atoms with Gasteiger partial charge in [0.25, 0.3) is 0 Å². The number of hydrogen-bond acceptors (Lipinski definition) is 3. The summed E-state index contributed by atoms with van der Waals surface area (Å²) in [7, 11) is 0. The Labute approximate surface area is 369 Å². The molecule has 0 saturated carbocycles. The molecular formula is C60H40N2O2. The van der Waals surface area contributed by atoms with Crippen LogP contribution in [0.5, 0.6) is 0 Å². The number of furan rings is 2. The van der Waals surface area contributed by atoms with Crippen LogP contribution in [0.3, 0.4) is 0 Å². The van der Waals surface area contributed by atoms with Crippen LogP contribution in [-0.4, -0.2) is 5.84 Å². The van der Waals surface area contributed by atoms with Crippen LogP contribution in [0.15, 0.2) is 232 Å². The fraction of sp³-hybridized carbons (Fsp3) is 0.0167. The van der Waals surface area contributed by atoms with E-state index >= 15 is 0 Å². The summed E-state index contributed by atoms with van der Waals surface area (Å²) in [5.41, 5.74) is 20.8. The predicted molar refractivity (Wildman–Crippen MR) is 268 cm³/mol. The topological polar surface area (TPSA) is 64.7 Å². The number of aliphatic imine (C=N–C) groups is 1. The summed E-state index contributed by atoms with van der Waals surface area (Å²) in [6.07, 6.45) is 2.86. The molecule has 0 spiro atoms. The van der Waals surface area contributed by atoms with Crippen molar-refractivity contribution < 1.29 is 8.83 Å². The van der Waals surface area contributed by atoms with Crippen LogP contribution in [0.1, 0.15) is 16.7 Å². The first-order valence-corrected chi connectivity index (χ1v) is 21.7. The van der Waals surface area contributed by atoms with E-state index in [4.69, 9.17) is 19.6 Å². The summed E-state index contributed by atoms with van der Waals surface area (Å²) < 4.78 is 12.5. The summed E-state index contributed by atoms with van der Waals surface area (Å²) in [4.78, 5) is 5.22. The van der Waals surface area contributed by atoms with Gasteiger partial charge in [-0.05, 0) is 128 Å². The molecule has 64 heavy (non-hydrogen) atoms. The highest BCUT2D eigenvalue weighted by Crippen LogP contribution is 2.39. The Balaban J connectivity index is 0.998. The van der Waals surface area contributed by atoms with Crippen LogP contribution in [-0.2, 0) is 6.42 Å². The lowest BCUT2D eigenvalue weighted by Gasteiger charge is -2.13. The molecule has 4 nitrogen and oxygen atoms in total. The molecule has 0 unspecified atom stereocenters. The molecule has 2 N–H and O–H groups in total. The molecule has 12 rings (SSSR count). The molecule has 12 aromatic rings. The van der Waals surface area contributed by atoms with Crippen molar-refractivity contribution in [2.24, 2.45) is 10.7 Å². The molecule has 0 aliphatic rings. The molecule has 0 aliphatic heterocycles. The number of fused-ring (bicyclic) bond motifs is 9. The van der Waals surface area contributed by atoms with Gasteiger partial charge >= 0.3 is 0 Å². The Hall–Kier alpha value is -8.47. The van der Waals surface area contributed by atoms with Gasteiger partial charge in [0.1, 0.15) is 28.2 Å². The Kier molecular flexibility index (Phi) is 9.01. The fourth-order valence-corrected chi connectivity index (χ4v) is 9.28. The van der Waals surface area contributed by atoms with Gasteiger partial charge in [0.2, 0.25) is 0 Å². The van der Waals surface area contributed by atoms with Gasteiger partial charge in [-0.25, -0.2) is 4.99 Å². The fourth-order valence-electron chi connectivity index (χ4n) is 9.28. The molecule has 4 heteroatoms. The van der Waals surface area contributed by atoms with E-state index in [-0.39, 0.29) is 0 Å². The van der Waals surface area contributed by atoms with Gasteiger partial charge in [0.15, 0.2) is 0 Å². The van der Waals surface area contributed by atoms with Crippen molar-refractivity contribution in [3.63, 3.8) is 0 Å². The lowest BCUT2D eigenvalue weighted by atomic mass is 9.92. The van der Waals surface area contributed by atoms with Gasteiger partial charge in [0, 0.05) is 32.7 Å². The zero-order valence-electron chi connectivity index (χ0n) is 34.8. The van der Waals surface area contributed by atoms with E-state index in [0.29, 0.717) is 12.3 Å². The number of para-hydroxylation sites is 2. The largest absolute Gasteiger partial charge is 0.456 e. The number of nitrogens with two attached hydrogens (primary N) is 1. The van der Waals surface area contributed by atoms with Crippen molar-refractivity contribution in [3.8, 4) is 33.4 Å². The molecule has 0 atom stereocenters. The zero-order chi connectivity index (χ0) is 42.6. The second-order valence-electron chi connectivity index (χ2n) is 16.5. The first-order chi connectivity index (χ1) is 31.6. The first kappa shape index (κ1) is 37.3. The summed E-state index contributed by atoms with van der Waals surface area (Å²) >= 11 is 0.